The second kappa shape index (κ2) is 9.66. The van der Waals surface area contributed by atoms with Gasteiger partial charge in [-0.3, -0.25) is 9.88 Å². The number of pyridine rings is 1. The number of fused-ring (bicyclic) bond motifs is 3. The van der Waals surface area contributed by atoms with Gasteiger partial charge in [0.1, 0.15) is 35.1 Å². The van der Waals surface area contributed by atoms with Gasteiger partial charge < -0.3 is 25.0 Å². The average Bonchev–Trinajstić information content (AvgIpc) is 3.51. The van der Waals surface area contributed by atoms with E-state index in [1.54, 1.807) is 19.2 Å². The molecule has 3 N–H and O–H groups in total. The number of hydrogen-bond donors (Lipinski definition) is 3. The van der Waals surface area contributed by atoms with E-state index in [-0.39, 0.29) is 34.3 Å². The van der Waals surface area contributed by atoms with Crippen molar-refractivity contribution in [3.8, 4) is 28.8 Å². The van der Waals surface area contributed by atoms with Crippen molar-refractivity contribution < 1.29 is 24.4 Å². The van der Waals surface area contributed by atoms with E-state index < -0.39 is 11.4 Å². The summed E-state index contributed by atoms with van der Waals surface area (Å²) in [6, 6.07) is 7.79. The average molecular weight is 560 g/mol. The van der Waals surface area contributed by atoms with Crippen LogP contribution in [0.5, 0.6) is 17.5 Å². The summed E-state index contributed by atoms with van der Waals surface area (Å²) >= 11 is 0. The monoisotopic (exact) mass is 559 g/mol. The fourth-order valence-corrected chi connectivity index (χ4v) is 7.11. The van der Waals surface area contributed by atoms with Crippen LogP contribution in [-0.4, -0.2) is 79.1 Å². The number of halogens is 1. The highest BCUT2D eigenvalue weighted by molar-refractivity contribution is 6.00. The van der Waals surface area contributed by atoms with Crippen LogP contribution in [0.15, 0.2) is 36.5 Å². The predicted molar refractivity (Wildman–Crippen MR) is 154 cm³/mol. The summed E-state index contributed by atoms with van der Waals surface area (Å²) < 4.78 is 22.8. The van der Waals surface area contributed by atoms with Gasteiger partial charge in [-0.1, -0.05) is 6.07 Å². The quantitative estimate of drug-likeness (QED) is 0.319. The third-order valence-electron chi connectivity index (χ3n) is 9.08. The van der Waals surface area contributed by atoms with Crippen LogP contribution in [-0.2, 0) is 0 Å². The minimum absolute atomic E-state index is 0.0265. The number of aliphatic hydroxyl groups is 1. The summed E-state index contributed by atoms with van der Waals surface area (Å²) in [4.78, 5) is 18.3. The third-order valence-corrected chi connectivity index (χ3v) is 9.08. The molecule has 3 fully saturated rings. The summed E-state index contributed by atoms with van der Waals surface area (Å²) in [7, 11) is 0. The van der Waals surface area contributed by atoms with Gasteiger partial charge in [0.25, 0.3) is 0 Å². The first-order chi connectivity index (χ1) is 19.7. The largest absolute Gasteiger partial charge is 0.508 e. The number of piperidine rings is 1. The normalized spacial score (nSPS) is 22.5. The molecule has 3 saturated heterocycles. The number of hydrogen-bond acceptors (Lipinski definition) is 9. The molecular formula is C31H34FN5O4. The number of aromatic nitrogens is 3. The van der Waals surface area contributed by atoms with Crippen LogP contribution in [0.25, 0.3) is 32.9 Å². The topological polar surface area (TPSA) is 115 Å². The zero-order chi connectivity index (χ0) is 28.4. The van der Waals surface area contributed by atoms with Crippen molar-refractivity contribution in [2.45, 2.75) is 56.6 Å². The number of anilines is 1. The van der Waals surface area contributed by atoms with Crippen molar-refractivity contribution in [2.75, 3.05) is 37.7 Å². The van der Waals surface area contributed by atoms with Crippen molar-refractivity contribution in [1.29, 1.82) is 0 Å². The molecule has 9 nitrogen and oxygen atoms in total. The van der Waals surface area contributed by atoms with Crippen LogP contribution in [0, 0.1) is 5.82 Å². The van der Waals surface area contributed by atoms with Crippen LogP contribution in [0.2, 0.25) is 0 Å². The van der Waals surface area contributed by atoms with E-state index in [2.05, 4.69) is 14.9 Å². The molecule has 1 atom stereocenters. The maximum Gasteiger partial charge on any atom is 0.319 e. The molecule has 214 valence electrons. The van der Waals surface area contributed by atoms with Crippen LogP contribution < -0.4 is 9.64 Å². The van der Waals surface area contributed by atoms with Gasteiger partial charge in [-0.15, -0.1) is 0 Å². The minimum Gasteiger partial charge on any atom is -0.508 e. The lowest BCUT2D eigenvalue weighted by Gasteiger charge is -2.38. The Hall–Kier alpha value is -3.76. The summed E-state index contributed by atoms with van der Waals surface area (Å²) in [5, 5.41) is 32.8. The Morgan fingerprint density at radius 3 is 2.49 bits per heavy atom. The van der Waals surface area contributed by atoms with Gasteiger partial charge in [-0.2, -0.15) is 9.97 Å². The molecule has 3 aliphatic rings. The molecule has 3 aliphatic heterocycles. The van der Waals surface area contributed by atoms with E-state index in [0.717, 1.165) is 45.2 Å². The van der Waals surface area contributed by atoms with Crippen molar-refractivity contribution in [3.63, 3.8) is 0 Å². The number of phenols is 2. The van der Waals surface area contributed by atoms with Gasteiger partial charge in [-0.05, 0) is 93.6 Å². The summed E-state index contributed by atoms with van der Waals surface area (Å²) in [6.07, 6.45) is 7.38. The summed E-state index contributed by atoms with van der Waals surface area (Å²) in [5.74, 6) is -0.193. The van der Waals surface area contributed by atoms with Gasteiger partial charge in [0.05, 0.1) is 16.5 Å². The number of ether oxygens (including phenoxy) is 1. The van der Waals surface area contributed by atoms with Gasteiger partial charge in [0, 0.05) is 24.8 Å². The Kier molecular flexibility index (Phi) is 6.17. The molecular weight excluding hydrogens is 525 g/mol. The van der Waals surface area contributed by atoms with Gasteiger partial charge in [0.2, 0.25) is 0 Å². The van der Waals surface area contributed by atoms with E-state index >= 15 is 4.39 Å². The van der Waals surface area contributed by atoms with Crippen LogP contribution >= 0.6 is 0 Å². The second-order valence-electron chi connectivity index (χ2n) is 12.1. The molecule has 4 aromatic rings. The van der Waals surface area contributed by atoms with Crippen molar-refractivity contribution >= 4 is 27.5 Å². The molecule has 0 bridgehead atoms. The second-order valence-corrected chi connectivity index (χ2v) is 12.1. The smallest absolute Gasteiger partial charge is 0.319 e. The zero-order valence-corrected chi connectivity index (χ0v) is 23.1. The zero-order valence-electron chi connectivity index (χ0n) is 23.1. The Bertz CT molecular complexity index is 1650. The molecule has 1 unspecified atom stereocenters. The molecule has 7 rings (SSSR count). The standard InChI is InChI=1S/C31H34FN5O4/c1-30(40)7-2-10-36(17-30)28-24-16-33-26(23-15-21(39)14-19-13-20(38)5-6-22(19)23)25(32)27(24)34-29(35-28)41-18-31-8-3-11-37(31)12-4-9-31/h5-6,13-16,38-40H,2-4,7-12,17-18H2,1H3. The highest BCUT2D eigenvalue weighted by atomic mass is 19.1. The lowest BCUT2D eigenvalue weighted by atomic mass is 9.95. The molecule has 0 saturated carbocycles. The molecule has 5 heterocycles. The highest BCUT2D eigenvalue weighted by Gasteiger charge is 2.45. The van der Waals surface area contributed by atoms with Gasteiger partial charge in [0.15, 0.2) is 5.82 Å². The first-order valence-corrected chi connectivity index (χ1v) is 14.4. The number of phenolic OH excluding ortho intramolecular Hbond substituents is 2. The van der Waals surface area contributed by atoms with Crippen LogP contribution in [0.3, 0.4) is 0 Å². The molecule has 41 heavy (non-hydrogen) atoms. The van der Waals surface area contributed by atoms with Crippen molar-refractivity contribution in [3.05, 3.63) is 42.3 Å². The number of β-amino-alcohol motifs (C(OH)–C–C–N with tert-alkyl or cyclic N) is 1. The van der Waals surface area contributed by atoms with Crippen LogP contribution in [0.1, 0.15) is 45.4 Å². The van der Waals surface area contributed by atoms with E-state index in [9.17, 15) is 15.3 Å². The maximum atomic E-state index is 16.5. The number of rotatable bonds is 5. The number of benzene rings is 2. The van der Waals surface area contributed by atoms with Gasteiger partial charge >= 0.3 is 6.01 Å². The van der Waals surface area contributed by atoms with E-state index in [1.807, 2.05) is 4.90 Å². The lowest BCUT2D eigenvalue weighted by Crippen LogP contribution is -2.46. The van der Waals surface area contributed by atoms with Gasteiger partial charge in [-0.25, -0.2) is 4.39 Å². The predicted octanol–water partition coefficient (Wildman–Crippen LogP) is 4.75. The number of aromatic hydroxyl groups is 2. The first kappa shape index (κ1) is 26.2. The van der Waals surface area contributed by atoms with Crippen molar-refractivity contribution in [2.24, 2.45) is 0 Å². The molecule has 0 radical (unpaired) electrons. The van der Waals surface area contributed by atoms with Crippen molar-refractivity contribution in [1.82, 2.24) is 19.9 Å². The SMILES string of the molecule is CC1(O)CCCN(c2nc(OCC34CCCN3CCC4)nc3c(F)c(-c4cc(O)cc5cc(O)ccc45)ncc23)C1. The number of nitrogens with zero attached hydrogens (tertiary/aromatic N) is 5. The highest BCUT2D eigenvalue weighted by Crippen LogP contribution is 2.41. The first-order valence-electron chi connectivity index (χ1n) is 14.4. The fraction of sp³-hybridized carbons (Fsp3) is 0.452. The van der Waals surface area contributed by atoms with E-state index in [4.69, 9.17) is 9.72 Å². The van der Waals surface area contributed by atoms with E-state index in [1.165, 1.54) is 24.3 Å². The summed E-state index contributed by atoms with van der Waals surface area (Å²) in [5.41, 5.74) is -0.443. The molecule has 2 aromatic carbocycles. The molecule has 10 heteroatoms. The fourth-order valence-electron chi connectivity index (χ4n) is 7.11. The third kappa shape index (κ3) is 4.59. The Morgan fingerprint density at radius 1 is 0.951 bits per heavy atom. The minimum atomic E-state index is -0.901. The molecule has 2 aromatic heterocycles. The summed E-state index contributed by atoms with van der Waals surface area (Å²) in [6.45, 7) is 5.38. The van der Waals surface area contributed by atoms with Crippen LogP contribution in [0.4, 0.5) is 10.2 Å². The molecule has 0 aliphatic carbocycles. The lowest BCUT2D eigenvalue weighted by molar-refractivity contribution is 0.0447. The maximum absolute atomic E-state index is 16.5. The Labute approximate surface area is 237 Å². The van der Waals surface area contributed by atoms with E-state index in [0.29, 0.717) is 53.7 Å². The Morgan fingerprint density at radius 2 is 1.71 bits per heavy atom. The molecule has 0 spiro atoms. The Balaban J connectivity index is 1.36. The molecule has 0 amide bonds.